The molecule has 2 amide bonds. The fourth-order valence-corrected chi connectivity index (χ4v) is 3.50. The third-order valence-corrected chi connectivity index (χ3v) is 4.51. The molecule has 1 atom stereocenters. The molecule has 1 aliphatic heterocycles. The maximum Gasteiger partial charge on any atom is 0.319 e. The number of urea groups is 1. The van der Waals surface area contributed by atoms with Crippen molar-refractivity contribution in [1.29, 1.82) is 0 Å². The molecule has 0 aliphatic carbocycles. The van der Waals surface area contributed by atoms with Crippen molar-refractivity contribution < 1.29 is 9.18 Å². The van der Waals surface area contributed by atoms with E-state index in [0.29, 0.717) is 0 Å². The number of nitrogens with one attached hydrogen (secondary N) is 2. The predicted octanol–water partition coefficient (Wildman–Crippen LogP) is 4.18. The van der Waals surface area contributed by atoms with Gasteiger partial charge in [0.15, 0.2) is 0 Å². The van der Waals surface area contributed by atoms with E-state index in [0.717, 1.165) is 17.7 Å². The van der Waals surface area contributed by atoms with Gasteiger partial charge in [0.1, 0.15) is 5.82 Å². The molecule has 108 valence electrons. The lowest BCUT2D eigenvalue weighted by Gasteiger charge is -2.25. The van der Waals surface area contributed by atoms with Crippen LogP contribution in [0.15, 0.2) is 53.4 Å². The molecule has 1 aliphatic rings. The summed E-state index contributed by atoms with van der Waals surface area (Å²) in [5.41, 5.74) is 1.31. The molecule has 0 spiro atoms. The number of amides is 2. The van der Waals surface area contributed by atoms with Gasteiger partial charge in [0, 0.05) is 10.6 Å². The number of rotatable bonds is 2. The van der Waals surface area contributed by atoms with Crippen molar-refractivity contribution >= 4 is 23.5 Å². The summed E-state index contributed by atoms with van der Waals surface area (Å²) in [5.74, 6) is 0.522. The highest BCUT2D eigenvalue weighted by molar-refractivity contribution is 7.99. The lowest BCUT2D eigenvalue weighted by atomic mass is 10.0. The number of carbonyl (C=O) groups excluding carboxylic acids is 1. The van der Waals surface area contributed by atoms with Crippen LogP contribution >= 0.6 is 11.8 Å². The van der Waals surface area contributed by atoms with Gasteiger partial charge >= 0.3 is 6.03 Å². The molecule has 0 saturated heterocycles. The minimum atomic E-state index is -0.438. The van der Waals surface area contributed by atoms with Crippen molar-refractivity contribution in [2.75, 3.05) is 11.1 Å². The lowest BCUT2D eigenvalue weighted by Crippen LogP contribution is -2.34. The predicted molar refractivity (Wildman–Crippen MR) is 83.1 cm³/mol. The van der Waals surface area contributed by atoms with Crippen LogP contribution in [0.4, 0.5) is 14.9 Å². The van der Waals surface area contributed by atoms with Crippen molar-refractivity contribution in [3.63, 3.8) is 0 Å². The number of anilines is 1. The molecule has 2 aromatic rings. The highest BCUT2D eigenvalue weighted by Gasteiger charge is 2.22. The molecule has 21 heavy (non-hydrogen) atoms. The number of benzene rings is 2. The normalized spacial score (nSPS) is 16.9. The van der Waals surface area contributed by atoms with E-state index in [4.69, 9.17) is 0 Å². The van der Waals surface area contributed by atoms with Crippen molar-refractivity contribution in [2.45, 2.75) is 17.4 Å². The van der Waals surface area contributed by atoms with Gasteiger partial charge in [0.05, 0.1) is 11.7 Å². The van der Waals surface area contributed by atoms with E-state index in [2.05, 4.69) is 16.7 Å². The maximum atomic E-state index is 13.5. The third kappa shape index (κ3) is 3.19. The smallest absolute Gasteiger partial charge is 0.319 e. The van der Waals surface area contributed by atoms with E-state index in [-0.39, 0.29) is 17.8 Å². The largest absolute Gasteiger partial charge is 0.331 e. The number of hydrogen-bond donors (Lipinski definition) is 2. The highest BCUT2D eigenvalue weighted by Crippen LogP contribution is 2.35. The molecule has 0 saturated carbocycles. The Bertz CT molecular complexity index is 662. The number of halogens is 1. The monoisotopic (exact) mass is 302 g/mol. The topological polar surface area (TPSA) is 41.1 Å². The molecular weight excluding hydrogens is 287 g/mol. The molecule has 0 bridgehead atoms. The fraction of sp³-hybridized carbons (Fsp3) is 0.188. The minimum Gasteiger partial charge on any atom is -0.331 e. The van der Waals surface area contributed by atoms with E-state index in [1.54, 1.807) is 30.0 Å². The third-order valence-electron chi connectivity index (χ3n) is 3.39. The van der Waals surface area contributed by atoms with E-state index in [1.165, 1.54) is 11.0 Å². The summed E-state index contributed by atoms with van der Waals surface area (Å²) in [5, 5.41) is 5.48. The van der Waals surface area contributed by atoms with Gasteiger partial charge in [0.25, 0.3) is 0 Å². The molecule has 3 nitrogen and oxygen atoms in total. The van der Waals surface area contributed by atoms with Gasteiger partial charge in [-0.25, -0.2) is 9.18 Å². The molecule has 2 aromatic carbocycles. The van der Waals surface area contributed by atoms with Crippen molar-refractivity contribution in [3.8, 4) is 0 Å². The SMILES string of the molecule is O=C(Nc1ccccc1F)N[C@@H]1CCSc2ccccc21. The van der Waals surface area contributed by atoms with Gasteiger partial charge in [-0.2, -0.15) is 0 Å². The summed E-state index contributed by atoms with van der Waals surface area (Å²) >= 11 is 1.79. The standard InChI is InChI=1S/C16H15FN2OS/c17-12-6-2-3-7-14(12)19-16(20)18-13-9-10-21-15-8-4-1-5-11(13)15/h1-8,13H,9-10H2,(H2,18,19,20)/t13-/m1/s1. The van der Waals surface area contributed by atoms with Crippen molar-refractivity contribution in [3.05, 3.63) is 59.9 Å². The van der Waals surface area contributed by atoms with E-state index >= 15 is 0 Å². The summed E-state index contributed by atoms with van der Waals surface area (Å²) in [6.07, 6.45) is 0.867. The van der Waals surface area contributed by atoms with Crippen molar-refractivity contribution in [1.82, 2.24) is 5.32 Å². The number of fused-ring (bicyclic) bond motifs is 1. The Morgan fingerprint density at radius 3 is 2.76 bits per heavy atom. The summed E-state index contributed by atoms with van der Waals surface area (Å²) in [4.78, 5) is 13.2. The van der Waals surface area contributed by atoms with Crippen LogP contribution in [0, 0.1) is 5.82 Å². The van der Waals surface area contributed by atoms with E-state index in [9.17, 15) is 9.18 Å². The van der Waals surface area contributed by atoms with Gasteiger partial charge in [-0.05, 0) is 30.2 Å². The van der Waals surface area contributed by atoms with Gasteiger partial charge in [-0.15, -0.1) is 11.8 Å². The number of hydrogen-bond acceptors (Lipinski definition) is 2. The zero-order valence-corrected chi connectivity index (χ0v) is 12.1. The molecule has 0 fully saturated rings. The summed E-state index contributed by atoms with van der Waals surface area (Å²) in [7, 11) is 0. The van der Waals surface area contributed by atoms with Gasteiger partial charge in [-0.3, -0.25) is 0 Å². The van der Waals surface area contributed by atoms with Crippen LogP contribution in [0.3, 0.4) is 0 Å². The summed E-state index contributed by atoms with van der Waals surface area (Å²) < 4.78 is 13.5. The summed E-state index contributed by atoms with van der Waals surface area (Å²) in [6.45, 7) is 0. The first-order valence-electron chi connectivity index (χ1n) is 6.78. The quantitative estimate of drug-likeness (QED) is 0.873. The molecule has 0 aromatic heterocycles. The Morgan fingerprint density at radius 2 is 1.90 bits per heavy atom. The average Bonchev–Trinajstić information content (AvgIpc) is 2.50. The van der Waals surface area contributed by atoms with Crippen LogP contribution in [0.1, 0.15) is 18.0 Å². The highest BCUT2D eigenvalue weighted by atomic mass is 32.2. The molecule has 2 N–H and O–H groups in total. The number of para-hydroxylation sites is 1. The zero-order valence-electron chi connectivity index (χ0n) is 11.3. The summed E-state index contributed by atoms with van der Waals surface area (Å²) in [6, 6.07) is 13.8. The average molecular weight is 302 g/mol. The Labute approximate surface area is 126 Å². The van der Waals surface area contributed by atoms with Crippen LogP contribution in [0.5, 0.6) is 0 Å². The first kappa shape index (κ1) is 13.9. The molecule has 0 unspecified atom stereocenters. The second kappa shape index (κ2) is 6.18. The first-order valence-corrected chi connectivity index (χ1v) is 7.76. The second-order valence-corrected chi connectivity index (χ2v) is 5.94. The van der Waals surface area contributed by atoms with Gasteiger partial charge in [-0.1, -0.05) is 30.3 Å². The lowest BCUT2D eigenvalue weighted by molar-refractivity contribution is 0.248. The van der Waals surface area contributed by atoms with Crippen LogP contribution in [0.2, 0.25) is 0 Å². The van der Waals surface area contributed by atoms with Crippen molar-refractivity contribution in [2.24, 2.45) is 0 Å². The molecular formula is C16H15FN2OS. The molecule has 3 rings (SSSR count). The Hall–Kier alpha value is -2.01. The van der Waals surface area contributed by atoms with Crippen LogP contribution in [0.25, 0.3) is 0 Å². The van der Waals surface area contributed by atoms with E-state index < -0.39 is 5.82 Å². The number of thioether (sulfide) groups is 1. The molecule has 5 heteroatoms. The molecule has 1 heterocycles. The first-order chi connectivity index (χ1) is 10.2. The Morgan fingerprint density at radius 1 is 1.14 bits per heavy atom. The van der Waals surface area contributed by atoms with Gasteiger partial charge in [0.2, 0.25) is 0 Å². The minimum absolute atomic E-state index is 0.0331. The second-order valence-electron chi connectivity index (χ2n) is 4.81. The van der Waals surface area contributed by atoms with Crippen LogP contribution < -0.4 is 10.6 Å². The fourth-order valence-electron chi connectivity index (χ4n) is 2.37. The number of carbonyl (C=O) groups is 1. The van der Waals surface area contributed by atoms with Crippen LogP contribution in [-0.4, -0.2) is 11.8 Å². The Balaban J connectivity index is 1.70. The maximum absolute atomic E-state index is 13.5. The van der Waals surface area contributed by atoms with Gasteiger partial charge < -0.3 is 10.6 Å². The zero-order chi connectivity index (χ0) is 14.7. The molecule has 0 radical (unpaired) electrons. The Kier molecular flexibility index (Phi) is 4.10. The van der Waals surface area contributed by atoms with E-state index in [1.807, 2.05) is 18.2 Å². The van der Waals surface area contributed by atoms with Crippen LogP contribution in [-0.2, 0) is 0 Å².